The molecular weight excluding hydrogens is 489 g/mol. The zero-order valence-electron chi connectivity index (χ0n) is 19.5. The number of alkyl halides is 3. The van der Waals surface area contributed by atoms with Gasteiger partial charge in [-0.25, -0.2) is 4.99 Å². The molecule has 1 fully saturated rings. The zero-order chi connectivity index (χ0) is 25.8. The molecule has 1 aliphatic rings. The lowest BCUT2D eigenvalue weighted by molar-refractivity contribution is -0.754. The topological polar surface area (TPSA) is 120 Å². The highest BCUT2D eigenvalue weighted by atomic mass is 19.4. The Morgan fingerprint density at radius 3 is 2.81 bits per heavy atom. The fourth-order valence-electron chi connectivity index (χ4n) is 4.03. The Morgan fingerprint density at radius 2 is 2.05 bits per heavy atom. The first-order valence-corrected chi connectivity index (χ1v) is 11.6. The number of nitrogens with zero attached hydrogens (tertiary/aromatic N) is 6. The number of aliphatic imine (C=N–C) groups is 1. The molecule has 13 heteroatoms. The Morgan fingerprint density at radius 1 is 1.22 bits per heavy atom. The van der Waals surface area contributed by atoms with E-state index in [0.29, 0.717) is 12.6 Å². The fourth-order valence-corrected chi connectivity index (χ4v) is 4.03. The molecule has 0 amide bonds. The Balaban J connectivity index is 1.20. The summed E-state index contributed by atoms with van der Waals surface area (Å²) in [5.41, 5.74) is 1.66. The van der Waals surface area contributed by atoms with Crippen molar-refractivity contribution in [2.24, 2.45) is 4.99 Å². The maximum Gasteiger partial charge on any atom is 0.416 e. The molecule has 2 N–H and O–H groups in total. The molecule has 0 spiro atoms. The average Bonchev–Trinajstić information content (AvgIpc) is 3.55. The van der Waals surface area contributed by atoms with Gasteiger partial charge < -0.3 is 15.7 Å². The molecule has 1 aliphatic heterocycles. The Hall–Kier alpha value is -4.26. The van der Waals surface area contributed by atoms with Crippen LogP contribution in [0.25, 0.3) is 11.3 Å². The molecule has 3 aromatic heterocycles. The van der Waals surface area contributed by atoms with Gasteiger partial charge in [0.15, 0.2) is 0 Å². The van der Waals surface area contributed by atoms with Crippen LogP contribution in [0.15, 0.2) is 70.7 Å². The van der Waals surface area contributed by atoms with Gasteiger partial charge in [0.05, 0.1) is 29.5 Å². The highest BCUT2D eigenvalue weighted by Crippen LogP contribution is 2.30. The van der Waals surface area contributed by atoms with E-state index in [-0.39, 0.29) is 11.6 Å². The quantitative estimate of drug-likeness (QED) is 0.232. The lowest BCUT2D eigenvalue weighted by atomic mass is 10.1. The maximum atomic E-state index is 12.8. The number of rotatable bonds is 6. The summed E-state index contributed by atoms with van der Waals surface area (Å²) >= 11 is 0. The second-order valence-corrected chi connectivity index (χ2v) is 8.60. The Kier molecular flexibility index (Phi) is 6.86. The molecule has 0 aliphatic carbocycles. The standard InChI is InChI=1S/C24H23F3N8O2/c25-24(26,27)18-2-1-3-19(10-18)31-23(36)32-22-15-34(33-37-22)13-16-4-5-21(29-11-16)17-12-30-35(14-17)20-6-8-28-9-7-20/h1-5,10-12,14-15,20,28H,6-9,13H2,(H-,31,32,33,36). The molecule has 192 valence electrons. The van der Waals surface area contributed by atoms with Crippen LogP contribution in [0.4, 0.5) is 24.7 Å². The van der Waals surface area contributed by atoms with Crippen LogP contribution in [0, 0.1) is 0 Å². The van der Waals surface area contributed by atoms with Crippen molar-refractivity contribution >= 4 is 17.6 Å². The third-order valence-electron chi connectivity index (χ3n) is 5.90. The van der Waals surface area contributed by atoms with Crippen molar-refractivity contribution < 1.29 is 27.5 Å². The van der Waals surface area contributed by atoms with E-state index in [2.05, 4.69) is 31.0 Å². The van der Waals surface area contributed by atoms with Crippen molar-refractivity contribution in [1.29, 1.82) is 0 Å². The number of halogens is 3. The minimum Gasteiger partial charge on any atom is -0.846 e. The summed E-state index contributed by atoms with van der Waals surface area (Å²) in [5.74, 6) is -0.0978. The summed E-state index contributed by atoms with van der Waals surface area (Å²) in [4.78, 5) is 8.22. The van der Waals surface area contributed by atoms with Crippen molar-refractivity contribution in [1.82, 2.24) is 25.4 Å². The highest BCUT2D eigenvalue weighted by molar-refractivity contribution is 5.87. The smallest absolute Gasteiger partial charge is 0.416 e. The van der Waals surface area contributed by atoms with Gasteiger partial charge in [0.2, 0.25) is 11.8 Å². The molecule has 4 aromatic rings. The van der Waals surface area contributed by atoms with Crippen molar-refractivity contribution in [3.63, 3.8) is 0 Å². The van der Waals surface area contributed by atoms with Crippen molar-refractivity contribution in [2.45, 2.75) is 31.6 Å². The minimum atomic E-state index is -4.52. The highest BCUT2D eigenvalue weighted by Gasteiger charge is 2.30. The second kappa shape index (κ2) is 10.4. The molecule has 37 heavy (non-hydrogen) atoms. The van der Waals surface area contributed by atoms with Crippen molar-refractivity contribution in [2.75, 3.05) is 18.4 Å². The summed E-state index contributed by atoms with van der Waals surface area (Å²) in [6, 6.07) is 7.57. The van der Waals surface area contributed by atoms with E-state index >= 15 is 0 Å². The molecule has 10 nitrogen and oxygen atoms in total. The summed E-state index contributed by atoms with van der Waals surface area (Å²) in [6.45, 7) is 2.29. The van der Waals surface area contributed by atoms with E-state index in [9.17, 15) is 18.3 Å². The Bertz CT molecular complexity index is 1380. The summed E-state index contributed by atoms with van der Waals surface area (Å²) < 4.78 is 47.0. The molecule has 0 bridgehead atoms. The van der Waals surface area contributed by atoms with Gasteiger partial charge in [0, 0.05) is 29.2 Å². The zero-order valence-corrected chi connectivity index (χ0v) is 19.5. The summed E-state index contributed by atoms with van der Waals surface area (Å²) in [6.07, 6.45) is 4.53. The molecular formula is C24H23F3N8O2. The third kappa shape index (κ3) is 6.12. The van der Waals surface area contributed by atoms with Gasteiger partial charge in [0.25, 0.3) is 6.20 Å². The van der Waals surface area contributed by atoms with E-state index < -0.39 is 17.8 Å². The predicted molar refractivity (Wildman–Crippen MR) is 125 cm³/mol. The van der Waals surface area contributed by atoms with Gasteiger partial charge in [-0.05, 0) is 60.9 Å². The van der Waals surface area contributed by atoms with Crippen LogP contribution in [0.3, 0.4) is 0 Å². The first-order chi connectivity index (χ1) is 17.8. The van der Waals surface area contributed by atoms with Crippen molar-refractivity contribution in [3.8, 4) is 11.3 Å². The summed E-state index contributed by atoms with van der Waals surface area (Å²) in [7, 11) is 0. The van der Waals surface area contributed by atoms with Crippen LogP contribution >= 0.6 is 0 Å². The van der Waals surface area contributed by atoms with Gasteiger partial charge in [-0.3, -0.25) is 14.2 Å². The number of anilines is 1. The normalized spacial score (nSPS) is 15.2. The number of amidine groups is 1. The number of aromatic nitrogens is 5. The second-order valence-electron chi connectivity index (χ2n) is 8.60. The average molecular weight is 512 g/mol. The maximum absolute atomic E-state index is 12.8. The lowest BCUT2D eigenvalue weighted by Crippen LogP contribution is -2.35. The van der Waals surface area contributed by atoms with Crippen LogP contribution in [-0.4, -0.2) is 39.1 Å². The molecule has 0 radical (unpaired) electrons. The van der Waals surface area contributed by atoms with Gasteiger partial charge in [-0.2, -0.15) is 18.3 Å². The van der Waals surface area contributed by atoms with E-state index in [0.717, 1.165) is 54.9 Å². The molecule has 4 heterocycles. The van der Waals surface area contributed by atoms with Crippen LogP contribution in [-0.2, 0) is 12.7 Å². The van der Waals surface area contributed by atoms with Gasteiger partial charge >= 0.3 is 12.1 Å². The predicted octanol–water partition coefficient (Wildman–Crippen LogP) is 2.67. The van der Waals surface area contributed by atoms with E-state index in [1.165, 1.54) is 23.0 Å². The fraction of sp³-hybridized carbons (Fsp3) is 0.292. The number of hydrogen-bond acceptors (Lipinski definition) is 7. The number of nitrogens with one attached hydrogen (secondary N) is 2. The van der Waals surface area contributed by atoms with Gasteiger partial charge in [-0.15, -0.1) is 0 Å². The van der Waals surface area contributed by atoms with Crippen molar-refractivity contribution in [3.05, 3.63) is 72.3 Å². The molecule has 1 saturated heterocycles. The van der Waals surface area contributed by atoms with E-state index in [1.807, 2.05) is 29.2 Å². The first kappa shape index (κ1) is 24.4. The first-order valence-electron chi connectivity index (χ1n) is 11.6. The lowest BCUT2D eigenvalue weighted by Gasteiger charge is -2.22. The Labute approximate surface area is 209 Å². The molecule has 0 atom stereocenters. The van der Waals surface area contributed by atoms with Gasteiger partial charge in [-0.1, -0.05) is 6.07 Å². The van der Waals surface area contributed by atoms with Crippen LogP contribution < -0.4 is 20.4 Å². The van der Waals surface area contributed by atoms with E-state index in [1.54, 1.807) is 6.20 Å². The molecule has 0 saturated carbocycles. The van der Waals surface area contributed by atoms with Crippen LogP contribution in [0.1, 0.15) is 30.0 Å². The van der Waals surface area contributed by atoms with E-state index in [4.69, 9.17) is 4.52 Å². The molecule has 5 rings (SSSR count). The largest absolute Gasteiger partial charge is 0.846 e. The minimum absolute atomic E-state index is 0.0385. The number of benzene rings is 1. The van der Waals surface area contributed by atoms with Crippen LogP contribution in [0.2, 0.25) is 0 Å². The number of pyridine rings is 1. The SMILES string of the molecule is [O-]C(=Nc1c[n+](Cc2ccc(-c3cnn(C4CCNCC4)c3)nc2)no1)Nc1cccc(C(F)(F)F)c1. The molecule has 1 aromatic carbocycles. The third-order valence-corrected chi connectivity index (χ3v) is 5.90. The van der Waals surface area contributed by atoms with Crippen LogP contribution in [0.5, 0.6) is 0 Å². The number of hydrogen-bond donors (Lipinski definition) is 2. The monoisotopic (exact) mass is 512 g/mol. The number of piperidine rings is 1. The van der Waals surface area contributed by atoms with Gasteiger partial charge in [0.1, 0.15) is 0 Å². The molecule has 0 unspecified atom stereocenters. The summed E-state index contributed by atoms with van der Waals surface area (Å²) in [5, 5.41) is 26.1.